The number of aryl methyl sites for hydroxylation is 2. The number of thioether (sulfide) groups is 1. The molecule has 0 radical (unpaired) electrons. The molecule has 0 spiro atoms. The van der Waals surface area contributed by atoms with Crippen molar-refractivity contribution in [1.29, 1.82) is 0 Å². The minimum Gasteiger partial charge on any atom is -0.325 e. The lowest BCUT2D eigenvalue weighted by Gasteiger charge is -2.05. The lowest BCUT2D eigenvalue weighted by atomic mass is 10.2. The van der Waals surface area contributed by atoms with Gasteiger partial charge < -0.3 is 5.32 Å². The van der Waals surface area contributed by atoms with Crippen molar-refractivity contribution >= 4 is 67.8 Å². The van der Waals surface area contributed by atoms with Gasteiger partial charge in [-0.15, -0.1) is 21.5 Å². The molecule has 3 heterocycles. The molecule has 0 fully saturated rings. The molecule has 1 N–H and O–H groups in total. The first-order valence-electron chi connectivity index (χ1n) is 8.31. The van der Waals surface area contributed by atoms with Gasteiger partial charge in [0.1, 0.15) is 16.2 Å². The highest BCUT2D eigenvalue weighted by Crippen LogP contribution is 2.32. The van der Waals surface area contributed by atoms with E-state index in [1.54, 1.807) is 22.1 Å². The van der Waals surface area contributed by atoms with Gasteiger partial charge in [0.15, 0.2) is 10.8 Å². The average molecular weight is 449 g/mol. The number of amides is 1. The Bertz CT molecular complexity index is 1290. The zero-order valence-corrected chi connectivity index (χ0v) is 17.6. The number of hydrogen-bond donors (Lipinski definition) is 1. The predicted octanol–water partition coefficient (Wildman–Crippen LogP) is 4.25. The molecule has 148 valence electrons. The van der Waals surface area contributed by atoms with E-state index in [1.165, 1.54) is 34.8 Å². The Labute approximate surface area is 177 Å². The van der Waals surface area contributed by atoms with Gasteiger partial charge in [-0.3, -0.25) is 19.3 Å². The number of benzene rings is 1. The molecular formula is C17H13ClN6O3S2. The summed E-state index contributed by atoms with van der Waals surface area (Å²) in [6.45, 7) is 4.06. The van der Waals surface area contributed by atoms with Crippen molar-refractivity contribution in [3.05, 3.63) is 50.1 Å². The predicted molar refractivity (Wildman–Crippen MR) is 113 cm³/mol. The van der Waals surface area contributed by atoms with Crippen molar-refractivity contribution in [3.63, 3.8) is 0 Å². The van der Waals surface area contributed by atoms with E-state index >= 15 is 0 Å². The van der Waals surface area contributed by atoms with Crippen LogP contribution >= 0.6 is 34.7 Å². The summed E-state index contributed by atoms with van der Waals surface area (Å²) in [7, 11) is 0. The fraction of sp³-hybridized carbons (Fsp3) is 0.176. The number of hydrogen-bond acceptors (Lipinski definition) is 8. The summed E-state index contributed by atoms with van der Waals surface area (Å²) in [5.41, 5.74) is 1.85. The Morgan fingerprint density at radius 2 is 2.17 bits per heavy atom. The van der Waals surface area contributed by atoms with Gasteiger partial charge >= 0.3 is 0 Å². The topological polar surface area (TPSA) is 115 Å². The van der Waals surface area contributed by atoms with Gasteiger partial charge in [0.05, 0.1) is 16.1 Å². The van der Waals surface area contributed by atoms with Gasteiger partial charge in [-0.25, -0.2) is 4.98 Å². The van der Waals surface area contributed by atoms with E-state index in [4.69, 9.17) is 11.6 Å². The van der Waals surface area contributed by atoms with E-state index in [9.17, 15) is 14.9 Å². The first kappa shape index (κ1) is 19.6. The van der Waals surface area contributed by atoms with Crippen LogP contribution in [0.15, 0.2) is 29.7 Å². The molecule has 0 bridgehead atoms. The Morgan fingerprint density at radius 3 is 2.93 bits per heavy atom. The molecule has 0 aliphatic rings. The molecule has 0 aliphatic carbocycles. The maximum absolute atomic E-state index is 12.3. The third kappa shape index (κ3) is 3.63. The van der Waals surface area contributed by atoms with Gasteiger partial charge in [-0.1, -0.05) is 23.4 Å². The molecule has 29 heavy (non-hydrogen) atoms. The van der Waals surface area contributed by atoms with E-state index in [2.05, 4.69) is 20.5 Å². The number of aromatic nitrogens is 4. The molecule has 1 amide bonds. The molecule has 0 aliphatic heterocycles. The summed E-state index contributed by atoms with van der Waals surface area (Å²) in [4.78, 5) is 29.2. The van der Waals surface area contributed by atoms with Crippen LogP contribution in [0.2, 0.25) is 5.02 Å². The Kier molecular flexibility index (Phi) is 5.11. The van der Waals surface area contributed by atoms with E-state index < -0.39 is 4.92 Å². The highest BCUT2D eigenvalue weighted by atomic mass is 35.5. The maximum Gasteiger partial charge on any atom is 0.289 e. The molecule has 0 atom stereocenters. The lowest BCUT2D eigenvalue weighted by Crippen LogP contribution is -2.14. The van der Waals surface area contributed by atoms with Crippen molar-refractivity contribution in [3.8, 4) is 0 Å². The minimum absolute atomic E-state index is 0.00933. The van der Waals surface area contributed by atoms with Crippen molar-refractivity contribution < 1.29 is 9.72 Å². The summed E-state index contributed by atoms with van der Waals surface area (Å²) in [5.74, 6) is -0.281. The number of nitro groups is 1. The monoisotopic (exact) mass is 448 g/mol. The lowest BCUT2D eigenvalue weighted by molar-refractivity contribution is -0.384. The van der Waals surface area contributed by atoms with Crippen molar-refractivity contribution in [1.82, 2.24) is 19.6 Å². The third-order valence-corrected chi connectivity index (χ3v) is 6.68. The van der Waals surface area contributed by atoms with Crippen LogP contribution in [0, 0.1) is 24.0 Å². The van der Waals surface area contributed by atoms with Gasteiger partial charge in [-0.2, -0.15) is 0 Å². The standard InChI is InChI=1S/C17H13ClN6O3S2/c1-8-9(2)29-16-14(8)15-21-22-17(23(15)7-19-16)28-6-13(25)20-10-3-4-11(18)12(5-10)24(26)27/h3-5,7H,6H2,1-2H3,(H,20,25). The summed E-state index contributed by atoms with van der Waals surface area (Å²) in [6, 6.07) is 4.10. The van der Waals surface area contributed by atoms with Gasteiger partial charge in [-0.05, 0) is 31.5 Å². The molecule has 0 saturated carbocycles. The van der Waals surface area contributed by atoms with Crippen LogP contribution in [-0.4, -0.2) is 36.2 Å². The Balaban J connectivity index is 1.51. The second-order valence-electron chi connectivity index (χ2n) is 6.14. The number of carbonyl (C=O) groups excluding carboxylic acids is 1. The highest BCUT2D eigenvalue weighted by molar-refractivity contribution is 7.99. The number of thiophene rings is 1. The number of nitrogens with zero attached hydrogens (tertiary/aromatic N) is 5. The van der Waals surface area contributed by atoms with E-state index in [0.29, 0.717) is 16.5 Å². The molecule has 3 aromatic heterocycles. The number of carbonyl (C=O) groups is 1. The number of nitro benzene ring substituents is 1. The zero-order chi connectivity index (χ0) is 20.7. The summed E-state index contributed by atoms with van der Waals surface area (Å²) < 4.78 is 1.76. The Hall–Kier alpha value is -2.76. The first-order chi connectivity index (χ1) is 13.8. The Morgan fingerprint density at radius 1 is 1.38 bits per heavy atom. The number of anilines is 1. The van der Waals surface area contributed by atoms with Crippen LogP contribution in [0.25, 0.3) is 15.9 Å². The average Bonchev–Trinajstić information content (AvgIpc) is 3.22. The quantitative estimate of drug-likeness (QED) is 0.275. The van der Waals surface area contributed by atoms with Crippen LogP contribution in [-0.2, 0) is 4.79 Å². The van der Waals surface area contributed by atoms with Crippen molar-refractivity contribution in [2.75, 3.05) is 11.1 Å². The summed E-state index contributed by atoms with van der Waals surface area (Å²) in [5, 5.41) is 23.5. The molecular weight excluding hydrogens is 436 g/mol. The molecule has 4 aromatic rings. The normalized spacial score (nSPS) is 11.3. The molecule has 0 unspecified atom stereocenters. The second kappa shape index (κ2) is 7.58. The van der Waals surface area contributed by atoms with Crippen LogP contribution in [0.3, 0.4) is 0 Å². The van der Waals surface area contributed by atoms with E-state index in [-0.39, 0.29) is 22.4 Å². The fourth-order valence-electron chi connectivity index (χ4n) is 2.78. The zero-order valence-electron chi connectivity index (χ0n) is 15.2. The highest BCUT2D eigenvalue weighted by Gasteiger charge is 2.17. The third-order valence-electron chi connectivity index (χ3n) is 4.30. The van der Waals surface area contributed by atoms with Gasteiger partial charge in [0, 0.05) is 16.6 Å². The summed E-state index contributed by atoms with van der Waals surface area (Å²) in [6.07, 6.45) is 1.65. The van der Waals surface area contributed by atoms with E-state index in [1.807, 2.05) is 13.8 Å². The molecule has 9 nitrogen and oxygen atoms in total. The minimum atomic E-state index is -0.600. The molecule has 12 heteroatoms. The number of fused-ring (bicyclic) bond motifs is 3. The van der Waals surface area contributed by atoms with Gasteiger partial charge in [0.25, 0.3) is 5.69 Å². The molecule has 0 saturated heterocycles. The maximum atomic E-state index is 12.3. The van der Waals surface area contributed by atoms with E-state index in [0.717, 1.165) is 15.8 Å². The van der Waals surface area contributed by atoms with Crippen LogP contribution < -0.4 is 5.32 Å². The number of nitrogens with one attached hydrogen (secondary N) is 1. The van der Waals surface area contributed by atoms with Crippen molar-refractivity contribution in [2.45, 2.75) is 19.0 Å². The van der Waals surface area contributed by atoms with Crippen LogP contribution in [0.5, 0.6) is 0 Å². The first-order valence-corrected chi connectivity index (χ1v) is 10.5. The summed E-state index contributed by atoms with van der Waals surface area (Å²) >= 11 is 8.59. The molecule has 1 aromatic carbocycles. The SMILES string of the molecule is Cc1sc2ncn3c(SCC(=O)Nc4ccc(Cl)c([N+](=O)[O-])c4)nnc3c2c1C. The van der Waals surface area contributed by atoms with Crippen LogP contribution in [0.4, 0.5) is 11.4 Å². The molecule has 4 rings (SSSR count). The number of halogens is 1. The number of rotatable bonds is 5. The largest absolute Gasteiger partial charge is 0.325 e. The second-order valence-corrected chi connectivity index (χ2v) is 8.70. The van der Waals surface area contributed by atoms with Gasteiger partial charge in [0.2, 0.25) is 5.91 Å². The van der Waals surface area contributed by atoms with Crippen LogP contribution in [0.1, 0.15) is 10.4 Å². The van der Waals surface area contributed by atoms with Crippen molar-refractivity contribution in [2.24, 2.45) is 0 Å². The fourth-order valence-corrected chi connectivity index (χ4v) is 4.66. The smallest absolute Gasteiger partial charge is 0.289 e.